The van der Waals surface area contributed by atoms with Gasteiger partial charge in [0, 0.05) is 0 Å². The van der Waals surface area contributed by atoms with Crippen molar-refractivity contribution in [2.75, 3.05) is 0 Å². The Kier molecular flexibility index (Phi) is 8.69. The Morgan fingerprint density at radius 3 is 1.06 bits per heavy atom. The van der Waals surface area contributed by atoms with Crippen LogP contribution < -0.4 is 0 Å². The van der Waals surface area contributed by atoms with Gasteiger partial charge in [0.05, 0.1) is 0 Å². The van der Waals surface area contributed by atoms with Crippen molar-refractivity contribution in [3.05, 3.63) is 128 Å². The maximum absolute atomic E-state index is 3.15. The van der Waals surface area contributed by atoms with Crippen molar-refractivity contribution in [2.45, 2.75) is 135 Å². The third-order valence-corrected chi connectivity index (χ3v) is 34.0. The van der Waals surface area contributed by atoms with E-state index in [4.69, 9.17) is 0 Å². The molecule has 2 atom stereocenters. The predicted molar refractivity (Wildman–Crippen MR) is 229 cm³/mol. The van der Waals surface area contributed by atoms with Crippen molar-refractivity contribution < 1.29 is 20.0 Å². The zero-order valence-corrected chi connectivity index (χ0v) is 39.8. The van der Waals surface area contributed by atoms with Gasteiger partial charge in [0.2, 0.25) is 0 Å². The Balaban J connectivity index is 1.41. The van der Waals surface area contributed by atoms with Gasteiger partial charge in [-0.15, -0.1) is 0 Å². The SMILES string of the molecule is CC(C)(C)c1cc(-c2cccc3c2C=C2[CH]3[Hf]([CH3])([CH3])[CH]3C(=Cc4c(-c5cc(C(C)(C)C)cc(C(C)(C)C)c5)cccc43)[Si]2(C)C)cc(C(C)(C)C)c1. The monoisotopic (exact) mass is 872 g/mol. The first kappa shape index (κ1) is 37.8. The molecule has 0 aromatic heterocycles. The van der Waals surface area contributed by atoms with Gasteiger partial charge in [-0.3, -0.25) is 0 Å². The summed E-state index contributed by atoms with van der Waals surface area (Å²) in [5.41, 5.74) is 18.0. The van der Waals surface area contributed by atoms with Gasteiger partial charge in [-0.2, -0.15) is 0 Å². The van der Waals surface area contributed by atoms with Crippen molar-refractivity contribution in [3.63, 3.8) is 0 Å². The van der Waals surface area contributed by atoms with Crippen LogP contribution in [0, 0.1) is 0 Å². The van der Waals surface area contributed by atoms with Gasteiger partial charge < -0.3 is 0 Å². The topological polar surface area (TPSA) is 0 Å². The summed E-state index contributed by atoms with van der Waals surface area (Å²) in [6.07, 6.45) is 5.46. The summed E-state index contributed by atoms with van der Waals surface area (Å²) in [5.74, 6) is 0. The first-order chi connectivity index (χ1) is 23.8. The van der Waals surface area contributed by atoms with Crippen molar-refractivity contribution in [2.24, 2.45) is 0 Å². The molecule has 1 saturated heterocycles. The molecule has 0 spiro atoms. The van der Waals surface area contributed by atoms with Crippen molar-refractivity contribution in [3.8, 4) is 22.3 Å². The fourth-order valence-corrected chi connectivity index (χ4v) is 41.7. The van der Waals surface area contributed by atoms with Crippen molar-refractivity contribution in [1.29, 1.82) is 0 Å². The summed E-state index contributed by atoms with van der Waals surface area (Å²) >= 11 is -3.15. The van der Waals surface area contributed by atoms with E-state index >= 15 is 0 Å². The van der Waals surface area contributed by atoms with Crippen LogP contribution in [0.2, 0.25) is 22.5 Å². The van der Waals surface area contributed by atoms with Crippen LogP contribution in [-0.4, -0.2) is 8.07 Å². The Morgan fingerprint density at radius 2 is 0.769 bits per heavy atom. The van der Waals surface area contributed by atoms with E-state index in [1.165, 1.54) is 55.6 Å². The summed E-state index contributed by atoms with van der Waals surface area (Å²) in [6.45, 7) is 33.7. The first-order valence-corrected chi connectivity index (χ1v) is 34.2. The molecule has 0 N–H and O–H groups in total. The molecule has 2 heteroatoms. The molecule has 4 aromatic carbocycles. The van der Waals surface area contributed by atoms with Crippen molar-refractivity contribution >= 4 is 20.2 Å². The summed E-state index contributed by atoms with van der Waals surface area (Å²) in [5, 5.41) is 3.62. The van der Waals surface area contributed by atoms with E-state index < -0.39 is 28.0 Å². The summed E-state index contributed by atoms with van der Waals surface area (Å²) in [7, 11) is -1.97. The molecule has 52 heavy (non-hydrogen) atoms. The predicted octanol–water partition coefficient (Wildman–Crippen LogP) is 14.8. The van der Waals surface area contributed by atoms with Crippen LogP contribution in [0.5, 0.6) is 0 Å². The van der Waals surface area contributed by atoms with Gasteiger partial charge in [-0.05, 0) is 0 Å². The van der Waals surface area contributed by atoms with E-state index in [2.05, 4.69) is 190 Å². The van der Waals surface area contributed by atoms with Gasteiger partial charge >= 0.3 is 325 Å². The Labute approximate surface area is 322 Å². The quantitative estimate of drug-likeness (QED) is 0.176. The fraction of sp³-hybridized carbons (Fsp3) is 0.440. The molecular formula is C50H64HfSi. The third kappa shape index (κ3) is 6.11. The molecule has 1 fully saturated rings. The van der Waals surface area contributed by atoms with E-state index in [0.29, 0.717) is 7.35 Å². The Bertz CT molecular complexity index is 1960. The molecule has 2 unspecified atom stereocenters. The normalized spacial score (nSPS) is 20.5. The Morgan fingerprint density at radius 1 is 0.462 bits per heavy atom. The molecule has 0 nitrogen and oxygen atoms in total. The number of benzene rings is 4. The molecule has 0 bridgehead atoms. The van der Waals surface area contributed by atoms with Gasteiger partial charge in [-0.25, -0.2) is 0 Å². The van der Waals surface area contributed by atoms with Crippen LogP contribution in [0.3, 0.4) is 0 Å². The molecule has 4 aromatic rings. The van der Waals surface area contributed by atoms with E-state index in [1.807, 2.05) is 10.4 Å². The number of fused-ring (bicyclic) bond motifs is 6. The standard InChI is InChI=1S/C48H58Si.2CH3.Hf/c1-45(2,3)35-21-33(22-36(27-35)46(4,5)6)41-19-15-17-31-25-39(29-43(31)41)49(13,14)40-26-32-18-16-20-42(44(32)30-40)34-23-37(47(7,8)9)28-38(24-34)48(10,11)12;;;/h15-30H,1-14H3;2*1H3;. The maximum atomic E-state index is 2.80. The first-order valence-electron chi connectivity index (χ1n) is 19.8. The molecule has 2 aliphatic carbocycles. The number of rotatable bonds is 2. The summed E-state index contributed by atoms with van der Waals surface area (Å²) in [4.78, 5) is 0. The second kappa shape index (κ2) is 12.0. The molecular weight excluding hydrogens is 807 g/mol. The fourth-order valence-electron chi connectivity index (χ4n) is 9.63. The Hall–Kier alpha value is -2.55. The molecule has 0 saturated carbocycles. The number of hydrogen-bond donors (Lipinski definition) is 0. The molecule has 1 heterocycles. The van der Waals surface area contributed by atoms with E-state index in [0.717, 1.165) is 0 Å². The van der Waals surface area contributed by atoms with Crippen molar-refractivity contribution in [1.82, 2.24) is 0 Å². The summed E-state index contributed by atoms with van der Waals surface area (Å²) in [6, 6.07) is 29.5. The van der Waals surface area contributed by atoms with Crippen LogP contribution in [0.15, 0.2) is 83.2 Å². The minimum absolute atomic E-state index is 0.0902. The number of hydrogen-bond acceptors (Lipinski definition) is 0. The van der Waals surface area contributed by atoms with E-state index in [9.17, 15) is 0 Å². The molecule has 7 rings (SSSR count). The van der Waals surface area contributed by atoms with Gasteiger partial charge in [0.1, 0.15) is 0 Å². The molecule has 272 valence electrons. The van der Waals surface area contributed by atoms with Crippen LogP contribution >= 0.6 is 0 Å². The number of allylic oxidation sites excluding steroid dienone is 2. The van der Waals surface area contributed by atoms with Gasteiger partial charge in [0.15, 0.2) is 0 Å². The molecule has 1 aliphatic heterocycles. The molecule has 3 aliphatic rings. The average Bonchev–Trinajstić information content (AvgIpc) is 3.64. The summed E-state index contributed by atoms with van der Waals surface area (Å²) < 4.78 is 6.86. The van der Waals surface area contributed by atoms with E-state index in [1.54, 1.807) is 11.1 Å². The molecule has 0 radical (unpaired) electrons. The van der Waals surface area contributed by atoms with E-state index in [-0.39, 0.29) is 21.7 Å². The van der Waals surface area contributed by atoms with Crippen LogP contribution in [0.4, 0.5) is 0 Å². The minimum atomic E-state index is -3.15. The third-order valence-electron chi connectivity index (χ3n) is 13.0. The second-order valence-electron chi connectivity index (χ2n) is 21.7. The van der Waals surface area contributed by atoms with Gasteiger partial charge in [0.25, 0.3) is 0 Å². The average molecular weight is 872 g/mol. The zero-order valence-electron chi connectivity index (χ0n) is 35.2. The second-order valence-corrected chi connectivity index (χ2v) is 43.4. The van der Waals surface area contributed by atoms with Gasteiger partial charge in [-0.1, -0.05) is 0 Å². The van der Waals surface area contributed by atoms with Crippen LogP contribution in [0.25, 0.3) is 34.4 Å². The van der Waals surface area contributed by atoms with Crippen LogP contribution in [0.1, 0.15) is 135 Å². The zero-order chi connectivity index (χ0) is 38.1. The molecule has 0 amide bonds. The van der Waals surface area contributed by atoms with Crippen LogP contribution in [-0.2, 0) is 41.6 Å².